The molecule has 38 heavy (non-hydrogen) atoms. The minimum absolute atomic E-state index is 0.0345. The topological polar surface area (TPSA) is 122 Å². The van der Waals surface area contributed by atoms with Gasteiger partial charge in [-0.05, 0) is 37.1 Å². The number of nitrogens with two attached hydrogens (primary N) is 1. The molecule has 0 unspecified atom stereocenters. The molecule has 0 amide bonds. The first kappa shape index (κ1) is 24.7. The molecule has 9 nitrogen and oxygen atoms in total. The molecule has 12 heteroatoms. The second-order valence-electron chi connectivity index (χ2n) is 9.62. The van der Waals surface area contributed by atoms with E-state index in [-0.39, 0.29) is 29.3 Å². The number of ether oxygens (including phenoxy) is 2. The van der Waals surface area contributed by atoms with Gasteiger partial charge in [-0.1, -0.05) is 11.8 Å². The maximum absolute atomic E-state index is 15.3. The maximum atomic E-state index is 15.3. The number of thioether (sulfide) groups is 1. The van der Waals surface area contributed by atoms with E-state index in [4.69, 9.17) is 19.6 Å². The summed E-state index contributed by atoms with van der Waals surface area (Å²) in [7, 11) is 1.62. The van der Waals surface area contributed by atoms with Gasteiger partial charge in [-0.25, -0.2) is 23.7 Å². The zero-order valence-corrected chi connectivity index (χ0v) is 21.5. The van der Waals surface area contributed by atoms with Crippen LogP contribution in [0.25, 0.3) is 11.0 Å². The average Bonchev–Trinajstić information content (AvgIpc) is 3.36. The smallest absolute Gasteiger partial charge is 0.233 e. The van der Waals surface area contributed by atoms with Crippen LogP contribution in [0.3, 0.4) is 0 Å². The Kier molecular flexibility index (Phi) is 6.03. The highest BCUT2D eigenvalue weighted by Crippen LogP contribution is 2.66. The fraction of sp³-hybridized carbons (Fsp3) is 0.346. The number of hydrogen-bond donors (Lipinski definition) is 1. The highest BCUT2D eigenvalue weighted by atomic mass is 32.2. The first-order valence-electron chi connectivity index (χ1n) is 11.9. The molecule has 1 aliphatic carbocycles. The first-order valence-corrected chi connectivity index (χ1v) is 12.8. The molecule has 3 aromatic heterocycles. The van der Waals surface area contributed by atoms with Crippen molar-refractivity contribution in [2.45, 2.75) is 36.7 Å². The van der Waals surface area contributed by atoms with Crippen LogP contribution in [0.1, 0.15) is 36.1 Å². The van der Waals surface area contributed by atoms with Gasteiger partial charge >= 0.3 is 0 Å². The number of methoxy groups -OCH3 is 1. The summed E-state index contributed by atoms with van der Waals surface area (Å²) in [6, 6.07) is 4.55. The Balaban J connectivity index is 1.31. The van der Waals surface area contributed by atoms with Crippen LogP contribution in [-0.2, 0) is 23.3 Å². The van der Waals surface area contributed by atoms with Gasteiger partial charge in [-0.3, -0.25) is 9.98 Å². The summed E-state index contributed by atoms with van der Waals surface area (Å²) in [6.45, 7) is 2.38. The molecule has 0 bridgehead atoms. The monoisotopic (exact) mass is 538 g/mol. The molecule has 0 radical (unpaired) electrons. The molecular formula is C26H24F2N6O3S. The Morgan fingerprint density at radius 2 is 2.08 bits per heavy atom. The highest BCUT2D eigenvalue weighted by molar-refractivity contribution is 8.15. The quantitative estimate of drug-likeness (QED) is 0.353. The van der Waals surface area contributed by atoms with E-state index in [0.717, 1.165) is 6.42 Å². The number of aromatic nitrogens is 4. The second-order valence-corrected chi connectivity index (χ2v) is 11.1. The number of amidine groups is 1. The highest BCUT2D eigenvalue weighted by Gasteiger charge is 2.66. The minimum Gasteiger partial charge on any atom is -0.467 e. The van der Waals surface area contributed by atoms with Crippen molar-refractivity contribution in [2.75, 3.05) is 13.7 Å². The number of fused-ring (bicyclic) bond motifs is 2. The van der Waals surface area contributed by atoms with E-state index >= 15 is 4.39 Å². The van der Waals surface area contributed by atoms with Gasteiger partial charge in [0.15, 0.2) is 23.4 Å². The van der Waals surface area contributed by atoms with Gasteiger partial charge in [-0.15, -0.1) is 0 Å². The normalized spacial score (nSPS) is 24.2. The van der Waals surface area contributed by atoms with Crippen molar-refractivity contribution in [3.8, 4) is 5.88 Å². The van der Waals surface area contributed by atoms with Crippen molar-refractivity contribution in [1.29, 1.82) is 0 Å². The van der Waals surface area contributed by atoms with Gasteiger partial charge < -0.3 is 19.6 Å². The predicted octanol–water partition coefficient (Wildman–Crippen LogP) is 4.14. The molecule has 1 saturated carbocycles. The summed E-state index contributed by atoms with van der Waals surface area (Å²) in [5.74, 6) is -1.19. The molecule has 2 N–H and O–H groups in total. The van der Waals surface area contributed by atoms with Crippen LogP contribution in [0.5, 0.6) is 5.88 Å². The van der Waals surface area contributed by atoms with Crippen LogP contribution in [0.2, 0.25) is 0 Å². The first-order chi connectivity index (χ1) is 18.3. The number of nitrogens with zero attached hydrogens (tertiary/aromatic N) is 5. The Morgan fingerprint density at radius 3 is 2.87 bits per heavy atom. The average molecular weight is 539 g/mol. The zero-order valence-electron chi connectivity index (χ0n) is 20.6. The largest absolute Gasteiger partial charge is 0.467 e. The maximum Gasteiger partial charge on any atom is 0.233 e. The number of halogens is 2. The fourth-order valence-corrected chi connectivity index (χ4v) is 6.73. The molecule has 2 aliphatic rings. The summed E-state index contributed by atoms with van der Waals surface area (Å²) in [6.07, 6.45) is 7.03. The number of hydrogen-bond acceptors (Lipinski definition) is 10. The third kappa shape index (κ3) is 4.27. The van der Waals surface area contributed by atoms with E-state index in [1.807, 2.05) is 6.92 Å². The van der Waals surface area contributed by atoms with Crippen molar-refractivity contribution >= 4 is 28.0 Å². The van der Waals surface area contributed by atoms with Crippen molar-refractivity contribution in [3.05, 3.63) is 77.4 Å². The molecule has 1 aliphatic heterocycles. The number of aliphatic imine (C=N–C) groups is 1. The van der Waals surface area contributed by atoms with Gasteiger partial charge in [-0.2, -0.15) is 0 Å². The van der Waals surface area contributed by atoms with Crippen LogP contribution in [0.4, 0.5) is 8.78 Å². The Bertz CT molecular complexity index is 1550. The summed E-state index contributed by atoms with van der Waals surface area (Å²) in [4.78, 5) is 22.0. The van der Waals surface area contributed by atoms with E-state index in [9.17, 15) is 4.39 Å². The number of pyridine rings is 1. The van der Waals surface area contributed by atoms with Crippen molar-refractivity contribution < 1.29 is 22.7 Å². The van der Waals surface area contributed by atoms with Gasteiger partial charge in [0.05, 0.1) is 40.5 Å². The Morgan fingerprint density at radius 1 is 1.21 bits per heavy atom. The van der Waals surface area contributed by atoms with E-state index in [1.54, 1.807) is 25.4 Å². The van der Waals surface area contributed by atoms with Gasteiger partial charge in [0, 0.05) is 31.2 Å². The molecule has 1 fully saturated rings. The lowest BCUT2D eigenvalue weighted by atomic mass is 9.84. The number of rotatable bonds is 8. The SMILES string of the molecule is COC[C@]12C[C@H]1[C@@](C)(c1cc(Cc3nccc4nc(OCc5ncco5)cnc34)cc(F)c1F)N=C(N)S2. The van der Waals surface area contributed by atoms with E-state index < -0.39 is 17.2 Å². The molecule has 196 valence electrons. The fourth-order valence-electron chi connectivity index (χ4n) is 5.28. The minimum atomic E-state index is -1.02. The van der Waals surface area contributed by atoms with Crippen molar-refractivity contribution in [3.63, 3.8) is 0 Å². The summed E-state index contributed by atoms with van der Waals surface area (Å²) in [5, 5.41) is 0.343. The number of benzene rings is 1. The zero-order chi connectivity index (χ0) is 26.5. The van der Waals surface area contributed by atoms with Gasteiger partial charge in [0.2, 0.25) is 11.8 Å². The third-order valence-electron chi connectivity index (χ3n) is 7.09. The van der Waals surface area contributed by atoms with E-state index in [1.165, 1.54) is 36.5 Å². The van der Waals surface area contributed by atoms with Crippen LogP contribution in [-0.4, -0.2) is 43.6 Å². The molecule has 1 aromatic carbocycles. The lowest BCUT2D eigenvalue weighted by Gasteiger charge is -2.34. The van der Waals surface area contributed by atoms with E-state index in [2.05, 4.69) is 24.9 Å². The number of oxazole rings is 1. The van der Waals surface area contributed by atoms with E-state index in [0.29, 0.717) is 45.8 Å². The van der Waals surface area contributed by atoms with Gasteiger partial charge in [0.25, 0.3) is 0 Å². The lowest BCUT2D eigenvalue weighted by molar-refractivity contribution is 0.184. The Hall–Kier alpha value is -3.64. The summed E-state index contributed by atoms with van der Waals surface area (Å²) >= 11 is 1.45. The van der Waals surface area contributed by atoms with Crippen molar-refractivity contribution in [1.82, 2.24) is 19.9 Å². The molecule has 6 rings (SSSR count). The molecule has 4 heterocycles. The summed E-state index contributed by atoms with van der Waals surface area (Å²) in [5.41, 5.74) is 7.50. The summed E-state index contributed by atoms with van der Waals surface area (Å²) < 4.78 is 46.1. The second kappa shape index (κ2) is 9.28. The van der Waals surface area contributed by atoms with Crippen molar-refractivity contribution in [2.24, 2.45) is 16.6 Å². The lowest BCUT2D eigenvalue weighted by Crippen LogP contribution is -2.38. The Labute approximate surface area is 220 Å². The van der Waals surface area contributed by atoms with Crippen LogP contribution in [0, 0.1) is 17.6 Å². The third-order valence-corrected chi connectivity index (χ3v) is 8.36. The standard InChI is InChI=1S/C26H24F2N6O3S/c1-25(19-10-26(19,13-35-2)38-24(29)34-25)15-7-14(8-16(27)22(15)28)9-18-23-17(3-4-30-18)33-20(11-32-23)37-12-21-31-5-6-36-21/h3-8,11,19H,9-10,12-13H2,1-2H3,(H2,29,34)/t19-,25+,26+/m0/s1. The predicted molar refractivity (Wildman–Crippen MR) is 137 cm³/mol. The molecular weight excluding hydrogens is 514 g/mol. The molecule has 3 atom stereocenters. The van der Waals surface area contributed by atoms with Gasteiger partial charge in [0.1, 0.15) is 11.8 Å². The van der Waals surface area contributed by atoms with Crippen LogP contribution in [0.15, 0.2) is 52.5 Å². The molecule has 0 saturated heterocycles. The molecule has 0 spiro atoms. The van der Waals surface area contributed by atoms with Crippen LogP contribution >= 0.6 is 11.8 Å². The molecule has 4 aromatic rings. The van der Waals surface area contributed by atoms with Crippen LogP contribution < -0.4 is 10.5 Å².